The van der Waals surface area contributed by atoms with E-state index in [1.54, 1.807) is 0 Å². The van der Waals surface area contributed by atoms with Crippen molar-refractivity contribution in [1.82, 2.24) is 0 Å². The molecule has 86 valence electrons. The molecule has 16 heavy (non-hydrogen) atoms. The highest BCUT2D eigenvalue weighted by atomic mass is 32.2. The van der Waals surface area contributed by atoms with Crippen molar-refractivity contribution < 1.29 is 0 Å². The number of thioether (sulfide) groups is 1. The first kappa shape index (κ1) is 10.7. The van der Waals surface area contributed by atoms with Gasteiger partial charge < -0.3 is 5.73 Å². The lowest BCUT2D eigenvalue weighted by atomic mass is 9.87. The Morgan fingerprint density at radius 3 is 2.75 bits per heavy atom. The second-order valence-corrected chi connectivity index (χ2v) is 6.21. The molecule has 0 aromatic heterocycles. The van der Waals surface area contributed by atoms with Gasteiger partial charge in [0.2, 0.25) is 0 Å². The fourth-order valence-electron chi connectivity index (χ4n) is 3.06. The average molecular weight is 233 g/mol. The molecule has 0 saturated heterocycles. The van der Waals surface area contributed by atoms with E-state index in [9.17, 15) is 0 Å². The molecule has 0 spiro atoms. The number of aryl methyl sites for hydroxylation is 1. The van der Waals surface area contributed by atoms with Crippen molar-refractivity contribution in [2.75, 3.05) is 5.75 Å². The van der Waals surface area contributed by atoms with Crippen LogP contribution in [0.15, 0.2) is 23.1 Å². The molecule has 1 nitrogen and oxygen atoms in total. The number of fused-ring (bicyclic) bond motifs is 1. The zero-order valence-corrected chi connectivity index (χ0v) is 10.5. The van der Waals surface area contributed by atoms with Gasteiger partial charge in [0, 0.05) is 10.4 Å². The van der Waals surface area contributed by atoms with Crippen LogP contribution in [-0.2, 0) is 12.0 Å². The van der Waals surface area contributed by atoms with Crippen LogP contribution in [0.5, 0.6) is 0 Å². The normalized spacial score (nSPS) is 23.1. The Morgan fingerprint density at radius 1 is 1.12 bits per heavy atom. The van der Waals surface area contributed by atoms with Crippen molar-refractivity contribution in [3.63, 3.8) is 0 Å². The zero-order chi connectivity index (χ0) is 11.0. The molecule has 1 aromatic rings. The molecular weight excluding hydrogens is 214 g/mol. The van der Waals surface area contributed by atoms with Gasteiger partial charge in [0.1, 0.15) is 0 Å². The molecule has 3 rings (SSSR count). The fourth-order valence-corrected chi connectivity index (χ4v) is 4.33. The second-order valence-electron chi connectivity index (χ2n) is 5.11. The number of rotatable bonds is 1. The average Bonchev–Trinajstić information content (AvgIpc) is 2.77. The van der Waals surface area contributed by atoms with Gasteiger partial charge in [0.05, 0.1) is 0 Å². The first-order chi connectivity index (χ1) is 7.80. The molecule has 1 aliphatic heterocycles. The van der Waals surface area contributed by atoms with Crippen LogP contribution in [0.25, 0.3) is 0 Å². The van der Waals surface area contributed by atoms with Gasteiger partial charge in [0.15, 0.2) is 0 Å². The summed E-state index contributed by atoms with van der Waals surface area (Å²) in [6.07, 6.45) is 7.49. The Hall–Kier alpha value is -0.470. The van der Waals surface area contributed by atoms with Crippen LogP contribution in [0.3, 0.4) is 0 Å². The van der Waals surface area contributed by atoms with Gasteiger partial charge in [-0.1, -0.05) is 31.0 Å². The molecule has 2 aliphatic rings. The van der Waals surface area contributed by atoms with Crippen LogP contribution in [0.1, 0.15) is 43.2 Å². The molecule has 0 unspecified atom stereocenters. The molecule has 2 heteroatoms. The van der Waals surface area contributed by atoms with Gasteiger partial charge in [-0.15, -0.1) is 11.8 Å². The van der Waals surface area contributed by atoms with Crippen LogP contribution >= 0.6 is 11.8 Å². The molecule has 1 aliphatic carbocycles. The number of hydrogen-bond donors (Lipinski definition) is 1. The summed E-state index contributed by atoms with van der Waals surface area (Å²) in [5.41, 5.74) is 9.54. The van der Waals surface area contributed by atoms with Crippen LogP contribution in [0, 0.1) is 0 Å². The van der Waals surface area contributed by atoms with Gasteiger partial charge >= 0.3 is 0 Å². The number of hydrogen-bond acceptors (Lipinski definition) is 2. The highest BCUT2D eigenvalue weighted by molar-refractivity contribution is 7.99. The van der Waals surface area contributed by atoms with Crippen molar-refractivity contribution in [1.29, 1.82) is 0 Å². The molecule has 1 saturated carbocycles. The summed E-state index contributed by atoms with van der Waals surface area (Å²) < 4.78 is 0. The highest BCUT2D eigenvalue weighted by Crippen LogP contribution is 2.43. The minimum absolute atomic E-state index is 0.0182. The first-order valence-electron chi connectivity index (χ1n) is 6.34. The van der Waals surface area contributed by atoms with E-state index in [-0.39, 0.29) is 5.54 Å². The third-order valence-corrected chi connectivity index (χ3v) is 5.23. The number of nitrogens with two attached hydrogens (primary N) is 1. The van der Waals surface area contributed by atoms with Crippen molar-refractivity contribution in [2.24, 2.45) is 5.73 Å². The fraction of sp³-hybridized carbons (Fsp3) is 0.571. The Balaban J connectivity index is 2.06. The van der Waals surface area contributed by atoms with E-state index in [1.165, 1.54) is 60.3 Å². The SMILES string of the molecule is NC1(c2cccc3c2SCCC3)CCCC1. The predicted octanol–water partition coefficient (Wildman–Crippen LogP) is 3.45. The van der Waals surface area contributed by atoms with Gasteiger partial charge in [-0.2, -0.15) is 0 Å². The van der Waals surface area contributed by atoms with Crippen molar-refractivity contribution in [2.45, 2.75) is 49.0 Å². The lowest BCUT2D eigenvalue weighted by Gasteiger charge is -2.29. The molecule has 2 N–H and O–H groups in total. The first-order valence-corrected chi connectivity index (χ1v) is 7.32. The maximum Gasteiger partial charge on any atom is 0.0420 e. The smallest absolute Gasteiger partial charge is 0.0420 e. The molecule has 1 aromatic carbocycles. The molecule has 1 heterocycles. The molecule has 0 radical (unpaired) electrons. The summed E-state index contributed by atoms with van der Waals surface area (Å²) in [6.45, 7) is 0. The van der Waals surface area contributed by atoms with Crippen molar-refractivity contribution >= 4 is 11.8 Å². The van der Waals surface area contributed by atoms with E-state index in [0.29, 0.717) is 0 Å². The Labute approximate surface area is 102 Å². The summed E-state index contributed by atoms with van der Waals surface area (Å²) in [5.74, 6) is 1.26. The Morgan fingerprint density at radius 2 is 1.94 bits per heavy atom. The minimum atomic E-state index is -0.0182. The summed E-state index contributed by atoms with van der Waals surface area (Å²) in [7, 11) is 0. The van der Waals surface area contributed by atoms with E-state index < -0.39 is 0 Å². The van der Waals surface area contributed by atoms with Gasteiger partial charge in [-0.05, 0) is 42.6 Å². The molecule has 0 atom stereocenters. The standard InChI is InChI=1S/C14H19NS/c15-14(8-1-2-9-14)12-7-3-5-11-6-4-10-16-13(11)12/h3,5,7H,1-2,4,6,8-10,15H2. The van der Waals surface area contributed by atoms with Crippen LogP contribution in [0.2, 0.25) is 0 Å². The topological polar surface area (TPSA) is 26.0 Å². The van der Waals surface area contributed by atoms with Gasteiger partial charge in [-0.3, -0.25) is 0 Å². The largest absolute Gasteiger partial charge is 0.321 e. The lowest BCUT2D eigenvalue weighted by Crippen LogP contribution is -2.34. The van der Waals surface area contributed by atoms with Crippen LogP contribution in [-0.4, -0.2) is 5.75 Å². The van der Waals surface area contributed by atoms with Crippen LogP contribution < -0.4 is 5.73 Å². The lowest BCUT2D eigenvalue weighted by molar-refractivity contribution is 0.452. The highest BCUT2D eigenvalue weighted by Gasteiger charge is 2.34. The van der Waals surface area contributed by atoms with Crippen LogP contribution in [0.4, 0.5) is 0 Å². The van der Waals surface area contributed by atoms with Crippen molar-refractivity contribution in [3.05, 3.63) is 29.3 Å². The summed E-state index contributed by atoms with van der Waals surface area (Å²) in [5, 5.41) is 0. The molecular formula is C14H19NS. The second kappa shape index (κ2) is 4.08. The van der Waals surface area contributed by atoms with E-state index in [2.05, 4.69) is 18.2 Å². The van der Waals surface area contributed by atoms with E-state index in [1.807, 2.05) is 11.8 Å². The van der Waals surface area contributed by atoms with E-state index >= 15 is 0 Å². The molecule has 0 bridgehead atoms. The van der Waals surface area contributed by atoms with E-state index in [4.69, 9.17) is 5.73 Å². The third kappa shape index (κ3) is 1.68. The zero-order valence-electron chi connectivity index (χ0n) is 9.67. The Bertz CT molecular complexity index is 394. The number of benzene rings is 1. The third-order valence-electron chi connectivity index (χ3n) is 3.97. The van der Waals surface area contributed by atoms with Crippen molar-refractivity contribution in [3.8, 4) is 0 Å². The van der Waals surface area contributed by atoms with E-state index in [0.717, 1.165) is 0 Å². The monoisotopic (exact) mass is 233 g/mol. The summed E-state index contributed by atoms with van der Waals surface area (Å²) >= 11 is 2.02. The minimum Gasteiger partial charge on any atom is -0.321 e. The maximum atomic E-state index is 6.59. The Kier molecular flexibility index (Phi) is 2.72. The summed E-state index contributed by atoms with van der Waals surface area (Å²) in [4.78, 5) is 1.51. The predicted molar refractivity (Wildman–Crippen MR) is 69.8 cm³/mol. The quantitative estimate of drug-likeness (QED) is 0.804. The molecule has 0 amide bonds. The van der Waals surface area contributed by atoms with Gasteiger partial charge in [0.25, 0.3) is 0 Å². The maximum absolute atomic E-state index is 6.59. The summed E-state index contributed by atoms with van der Waals surface area (Å²) in [6, 6.07) is 6.75. The molecule has 1 fully saturated rings. The van der Waals surface area contributed by atoms with Gasteiger partial charge in [-0.25, -0.2) is 0 Å².